The van der Waals surface area contributed by atoms with Gasteiger partial charge in [0.15, 0.2) is 0 Å². The van der Waals surface area contributed by atoms with Gasteiger partial charge in [-0.15, -0.1) is 0 Å². The summed E-state index contributed by atoms with van der Waals surface area (Å²) in [5.74, 6) is 0. The standard InChI is InChI=1S/C19H27ClN2O/c1-19(2,16-8-10-17(20)11-9-16)14-22-18(23)21-13-12-15-6-4-3-5-7-15/h6,8-11H,3-5,7,12-14H2,1-2H3,(H2,21,22,23). The van der Waals surface area contributed by atoms with Crippen molar-refractivity contribution in [3.8, 4) is 0 Å². The average molecular weight is 335 g/mol. The highest BCUT2D eigenvalue weighted by molar-refractivity contribution is 6.30. The lowest BCUT2D eigenvalue weighted by Crippen LogP contribution is -2.42. The van der Waals surface area contributed by atoms with Gasteiger partial charge in [0.05, 0.1) is 0 Å². The number of urea groups is 1. The molecule has 0 saturated heterocycles. The number of hydrogen-bond donors (Lipinski definition) is 2. The summed E-state index contributed by atoms with van der Waals surface area (Å²) >= 11 is 5.93. The van der Waals surface area contributed by atoms with Crippen molar-refractivity contribution >= 4 is 17.6 Å². The Bertz CT molecular complexity index is 549. The van der Waals surface area contributed by atoms with Crippen LogP contribution in [0.15, 0.2) is 35.9 Å². The van der Waals surface area contributed by atoms with E-state index in [9.17, 15) is 4.79 Å². The van der Waals surface area contributed by atoms with Crippen LogP contribution in [-0.4, -0.2) is 19.1 Å². The summed E-state index contributed by atoms with van der Waals surface area (Å²) in [5.41, 5.74) is 2.51. The van der Waals surface area contributed by atoms with E-state index in [-0.39, 0.29) is 11.4 Å². The summed E-state index contributed by atoms with van der Waals surface area (Å²) in [4.78, 5) is 12.0. The van der Waals surface area contributed by atoms with Crippen LogP contribution >= 0.6 is 11.6 Å². The molecule has 2 N–H and O–H groups in total. The molecule has 0 saturated carbocycles. The molecule has 23 heavy (non-hydrogen) atoms. The maximum atomic E-state index is 12.0. The average Bonchev–Trinajstić information content (AvgIpc) is 2.54. The highest BCUT2D eigenvalue weighted by atomic mass is 35.5. The third kappa shape index (κ3) is 5.91. The number of allylic oxidation sites excluding steroid dienone is 1. The van der Waals surface area contributed by atoms with Crippen LogP contribution in [0.4, 0.5) is 4.79 Å². The van der Waals surface area contributed by atoms with Crippen molar-refractivity contribution in [2.75, 3.05) is 13.1 Å². The molecule has 0 aromatic heterocycles. The Hall–Kier alpha value is -1.48. The Morgan fingerprint density at radius 2 is 1.91 bits per heavy atom. The number of halogens is 1. The molecule has 1 aliphatic carbocycles. The normalized spacial score (nSPS) is 15.0. The van der Waals surface area contributed by atoms with Crippen molar-refractivity contribution in [1.29, 1.82) is 0 Å². The minimum atomic E-state index is -0.131. The SMILES string of the molecule is CC(C)(CNC(=O)NCCC1=CCCCC1)c1ccc(Cl)cc1. The second-order valence-electron chi connectivity index (χ2n) is 6.86. The second kappa shape index (κ2) is 8.39. The van der Waals surface area contributed by atoms with Gasteiger partial charge in [0.1, 0.15) is 0 Å². The number of carbonyl (C=O) groups excluding carboxylic acids is 1. The summed E-state index contributed by atoms with van der Waals surface area (Å²) in [7, 11) is 0. The van der Waals surface area contributed by atoms with Gasteiger partial charge in [-0.3, -0.25) is 0 Å². The van der Waals surface area contributed by atoms with Gasteiger partial charge in [0.2, 0.25) is 0 Å². The molecule has 0 spiro atoms. The maximum absolute atomic E-state index is 12.0. The summed E-state index contributed by atoms with van der Waals surface area (Å²) in [5, 5.41) is 6.65. The molecule has 126 valence electrons. The van der Waals surface area contributed by atoms with Crippen LogP contribution < -0.4 is 10.6 Å². The molecule has 1 aliphatic rings. The zero-order chi connectivity index (χ0) is 16.7. The maximum Gasteiger partial charge on any atom is 0.314 e. The van der Waals surface area contributed by atoms with Crippen molar-refractivity contribution < 1.29 is 4.79 Å². The first kappa shape index (κ1) is 17.9. The lowest BCUT2D eigenvalue weighted by molar-refractivity contribution is 0.238. The Kier molecular flexibility index (Phi) is 6.52. The van der Waals surface area contributed by atoms with Crippen molar-refractivity contribution in [3.05, 3.63) is 46.5 Å². The minimum absolute atomic E-state index is 0.0940. The van der Waals surface area contributed by atoms with Gasteiger partial charge in [-0.2, -0.15) is 0 Å². The van der Waals surface area contributed by atoms with Crippen molar-refractivity contribution in [2.24, 2.45) is 0 Å². The summed E-state index contributed by atoms with van der Waals surface area (Å²) in [6, 6.07) is 7.70. The number of rotatable bonds is 6. The fourth-order valence-corrected chi connectivity index (χ4v) is 2.96. The number of amides is 2. The van der Waals surface area contributed by atoms with Gasteiger partial charge >= 0.3 is 6.03 Å². The molecule has 0 aliphatic heterocycles. The van der Waals surface area contributed by atoms with Crippen LogP contribution in [0.2, 0.25) is 5.02 Å². The predicted octanol–water partition coefficient (Wildman–Crippen LogP) is 4.81. The van der Waals surface area contributed by atoms with Crippen molar-refractivity contribution in [1.82, 2.24) is 10.6 Å². The van der Waals surface area contributed by atoms with Crippen molar-refractivity contribution in [3.63, 3.8) is 0 Å². The van der Waals surface area contributed by atoms with Gasteiger partial charge in [-0.25, -0.2) is 4.79 Å². The van der Waals surface area contributed by atoms with E-state index < -0.39 is 0 Å². The molecule has 0 atom stereocenters. The van der Waals surface area contributed by atoms with Crippen LogP contribution in [0.5, 0.6) is 0 Å². The molecule has 0 heterocycles. The van der Waals surface area contributed by atoms with E-state index in [0.717, 1.165) is 17.0 Å². The smallest absolute Gasteiger partial charge is 0.314 e. The van der Waals surface area contributed by atoms with E-state index in [2.05, 4.69) is 30.6 Å². The largest absolute Gasteiger partial charge is 0.338 e. The van der Waals surface area contributed by atoms with Gasteiger partial charge in [-0.1, -0.05) is 49.2 Å². The molecular formula is C19H27ClN2O. The molecule has 0 unspecified atom stereocenters. The summed E-state index contributed by atoms with van der Waals surface area (Å²) in [6.07, 6.45) is 8.26. The fourth-order valence-electron chi connectivity index (χ4n) is 2.84. The zero-order valence-electron chi connectivity index (χ0n) is 14.1. The van der Waals surface area contributed by atoms with Gasteiger partial charge < -0.3 is 10.6 Å². The van der Waals surface area contributed by atoms with E-state index in [4.69, 9.17) is 11.6 Å². The quantitative estimate of drug-likeness (QED) is 0.720. The first-order valence-corrected chi connectivity index (χ1v) is 8.81. The summed E-state index contributed by atoms with van der Waals surface area (Å²) in [6.45, 7) is 5.52. The fraction of sp³-hybridized carbons (Fsp3) is 0.526. The predicted molar refractivity (Wildman–Crippen MR) is 97.0 cm³/mol. The first-order valence-electron chi connectivity index (χ1n) is 8.43. The Labute approximate surface area is 144 Å². The highest BCUT2D eigenvalue weighted by Gasteiger charge is 2.21. The Morgan fingerprint density at radius 1 is 1.17 bits per heavy atom. The van der Waals surface area contributed by atoms with Crippen LogP contribution in [0.25, 0.3) is 0 Å². The third-order valence-corrected chi connectivity index (χ3v) is 4.69. The van der Waals surface area contributed by atoms with E-state index in [1.165, 1.54) is 31.3 Å². The third-order valence-electron chi connectivity index (χ3n) is 4.43. The van der Waals surface area contributed by atoms with Crippen molar-refractivity contribution in [2.45, 2.75) is 51.4 Å². The van der Waals surface area contributed by atoms with Gasteiger partial charge in [-0.05, 0) is 49.8 Å². The van der Waals surface area contributed by atoms with Crippen LogP contribution in [0.3, 0.4) is 0 Å². The van der Waals surface area contributed by atoms with Crippen LogP contribution in [-0.2, 0) is 5.41 Å². The molecule has 3 nitrogen and oxygen atoms in total. The number of hydrogen-bond acceptors (Lipinski definition) is 1. The molecule has 1 aromatic rings. The highest BCUT2D eigenvalue weighted by Crippen LogP contribution is 2.24. The topological polar surface area (TPSA) is 41.1 Å². The van der Waals surface area contributed by atoms with Gasteiger partial charge in [0, 0.05) is 23.5 Å². The second-order valence-corrected chi connectivity index (χ2v) is 7.29. The molecule has 0 radical (unpaired) electrons. The molecule has 2 rings (SSSR count). The number of benzene rings is 1. The van der Waals surface area contributed by atoms with Crippen LogP contribution in [0.1, 0.15) is 51.5 Å². The molecular weight excluding hydrogens is 308 g/mol. The molecule has 0 bridgehead atoms. The Morgan fingerprint density at radius 3 is 2.57 bits per heavy atom. The Balaban J connectivity index is 1.72. The number of nitrogens with one attached hydrogen (secondary N) is 2. The lowest BCUT2D eigenvalue weighted by Gasteiger charge is -2.26. The van der Waals surface area contributed by atoms with Crippen LogP contribution in [0, 0.1) is 0 Å². The van der Waals surface area contributed by atoms with E-state index >= 15 is 0 Å². The molecule has 0 fully saturated rings. The summed E-state index contributed by atoms with van der Waals surface area (Å²) < 4.78 is 0. The van der Waals surface area contributed by atoms with E-state index in [1.807, 2.05) is 24.3 Å². The molecule has 4 heteroatoms. The van der Waals surface area contributed by atoms with Gasteiger partial charge in [0.25, 0.3) is 0 Å². The molecule has 1 aromatic carbocycles. The lowest BCUT2D eigenvalue weighted by atomic mass is 9.85. The molecule has 2 amide bonds. The number of carbonyl (C=O) groups is 1. The monoisotopic (exact) mass is 334 g/mol. The van der Waals surface area contributed by atoms with E-state index in [0.29, 0.717) is 13.1 Å². The zero-order valence-corrected chi connectivity index (χ0v) is 14.9. The minimum Gasteiger partial charge on any atom is -0.338 e. The first-order chi connectivity index (χ1) is 11.0. The van der Waals surface area contributed by atoms with E-state index in [1.54, 1.807) is 0 Å².